The van der Waals surface area contributed by atoms with E-state index in [2.05, 4.69) is 79.4 Å². The van der Waals surface area contributed by atoms with Crippen LogP contribution >= 0.6 is 0 Å². The summed E-state index contributed by atoms with van der Waals surface area (Å²) in [5, 5.41) is 0. The van der Waals surface area contributed by atoms with Crippen LogP contribution < -0.4 is 0 Å². The number of nitrogens with one attached hydrogen (secondary N) is 1. The molecule has 0 spiro atoms. The van der Waals surface area contributed by atoms with Crippen molar-refractivity contribution in [2.45, 2.75) is 95.8 Å². The maximum atomic E-state index is 12.4. The second-order valence-corrected chi connectivity index (χ2v) is 12.3. The van der Waals surface area contributed by atoms with Gasteiger partial charge in [0.2, 0.25) is 0 Å². The first-order chi connectivity index (χ1) is 21.1. The summed E-state index contributed by atoms with van der Waals surface area (Å²) in [4.78, 5) is 15.7. The summed E-state index contributed by atoms with van der Waals surface area (Å²) in [6.07, 6.45) is 34.6. The molecule has 0 radical (unpaired) electrons. The fourth-order valence-electron chi connectivity index (χ4n) is 6.63. The molecule has 0 bridgehead atoms. The van der Waals surface area contributed by atoms with Crippen LogP contribution in [0, 0.1) is 5.92 Å². The highest BCUT2D eigenvalue weighted by molar-refractivity contribution is 5.90. The van der Waals surface area contributed by atoms with Crippen LogP contribution in [0.1, 0.15) is 112 Å². The van der Waals surface area contributed by atoms with E-state index in [9.17, 15) is 4.79 Å². The lowest BCUT2D eigenvalue weighted by atomic mass is 9.83. The van der Waals surface area contributed by atoms with Crippen molar-refractivity contribution in [3.8, 4) is 0 Å². The Bertz CT molecular complexity index is 1350. The first kappa shape index (κ1) is 32.3. The first-order valence-electron chi connectivity index (χ1n) is 16.5. The predicted molar refractivity (Wildman–Crippen MR) is 186 cm³/mol. The Morgan fingerprint density at radius 1 is 0.977 bits per heavy atom. The predicted octanol–water partition coefficient (Wildman–Crippen LogP) is 11.4. The zero-order chi connectivity index (χ0) is 30.3. The molecule has 1 N–H and O–H groups in total. The monoisotopic (exact) mass is 573 g/mol. The standard InChI is InChI=1S/C41H51NO/c1-4-32(3)30-40(39-28-29-42-41(39)5-2)36-22-13-12-21-35(26-27-36)37-23-14-19-34(31-37)20-15-25-38(43)24-11-7-10-18-33-16-8-6-9-17-33/h4-5,7,11,14-15,19,23,25,27-31,33,35,42H,1-3,6,8-10,12-13,16-18,20-22,24,26H2/b11-7+,25-15+,36-27-,40-30-. The highest BCUT2D eigenvalue weighted by Gasteiger charge is 2.18. The Balaban J connectivity index is 1.35. The number of H-pyrrole nitrogens is 1. The molecule has 226 valence electrons. The number of hydrogen-bond donors (Lipinski definition) is 1. The normalized spacial score (nSPS) is 20.0. The molecule has 0 amide bonds. The third-order valence-corrected chi connectivity index (χ3v) is 9.14. The Kier molecular flexibility index (Phi) is 13.1. The zero-order valence-corrected chi connectivity index (χ0v) is 26.2. The zero-order valence-electron chi connectivity index (χ0n) is 26.2. The van der Waals surface area contributed by atoms with Gasteiger partial charge >= 0.3 is 0 Å². The molecule has 1 unspecified atom stereocenters. The van der Waals surface area contributed by atoms with Gasteiger partial charge in [0, 0.05) is 23.9 Å². The Labute approximate surface area is 260 Å². The molecule has 0 aliphatic heterocycles. The van der Waals surface area contributed by atoms with Crippen LogP contribution in [0.15, 0.2) is 110 Å². The van der Waals surface area contributed by atoms with Gasteiger partial charge in [-0.3, -0.25) is 4.79 Å². The van der Waals surface area contributed by atoms with E-state index in [1.807, 2.05) is 24.4 Å². The number of benzene rings is 1. The minimum absolute atomic E-state index is 0.188. The van der Waals surface area contributed by atoms with Gasteiger partial charge in [-0.15, -0.1) is 0 Å². The van der Waals surface area contributed by atoms with E-state index in [0.717, 1.165) is 49.3 Å². The molecule has 4 rings (SSSR count). The van der Waals surface area contributed by atoms with E-state index < -0.39 is 0 Å². The molecule has 2 heteroatoms. The quantitative estimate of drug-likeness (QED) is 0.136. The Morgan fingerprint density at radius 3 is 2.63 bits per heavy atom. The van der Waals surface area contributed by atoms with Gasteiger partial charge < -0.3 is 4.98 Å². The first-order valence-corrected chi connectivity index (χ1v) is 16.5. The maximum absolute atomic E-state index is 12.4. The van der Waals surface area contributed by atoms with Gasteiger partial charge in [0.1, 0.15) is 0 Å². The molecule has 1 atom stereocenters. The average molecular weight is 574 g/mol. The largest absolute Gasteiger partial charge is 0.361 e. The van der Waals surface area contributed by atoms with Crippen LogP contribution in [0.5, 0.6) is 0 Å². The van der Waals surface area contributed by atoms with Crippen molar-refractivity contribution in [1.82, 2.24) is 4.98 Å². The molecule has 1 saturated carbocycles. The van der Waals surface area contributed by atoms with Crippen LogP contribution in [0.3, 0.4) is 0 Å². The minimum Gasteiger partial charge on any atom is -0.361 e. The van der Waals surface area contributed by atoms with Crippen molar-refractivity contribution in [1.29, 1.82) is 0 Å². The van der Waals surface area contributed by atoms with Crippen LogP contribution in [-0.4, -0.2) is 10.8 Å². The summed E-state index contributed by atoms with van der Waals surface area (Å²) in [6.45, 7) is 12.1. The van der Waals surface area contributed by atoms with Crippen LogP contribution in [0.25, 0.3) is 11.6 Å². The average Bonchev–Trinajstić information content (AvgIpc) is 3.49. The van der Waals surface area contributed by atoms with Crippen molar-refractivity contribution in [3.05, 3.63) is 132 Å². The molecule has 1 heterocycles. The summed E-state index contributed by atoms with van der Waals surface area (Å²) >= 11 is 0. The molecular weight excluding hydrogens is 522 g/mol. The molecule has 1 aromatic heterocycles. The lowest BCUT2D eigenvalue weighted by Gasteiger charge is -2.22. The number of hydrogen-bond acceptors (Lipinski definition) is 1. The highest BCUT2D eigenvalue weighted by atomic mass is 16.1. The summed E-state index contributed by atoms with van der Waals surface area (Å²) in [5.74, 6) is 1.57. The van der Waals surface area contributed by atoms with Gasteiger partial charge in [-0.1, -0.05) is 113 Å². The van der Waals surface area contributed by atoms with E-state index in [-0.39, 0.29) is 5.78 Å². The lowest BCUT2D eigenvalue weighted by molar-refractivity contribution is -0.113. The van der Waals surface area contributed by atoms with Crippen LogP contribution in [0.4, 0.5) is 0 Å². The Hall–Kier alpha value is -3.65. The van der Waals surface area contributed by atoms with E-state index in [0.29, 0.717) is 12.3 Å². The SMILES string of the molecule is C=CC(=C)/C=C(/C1=C\CC(c2cccc(C/C=C/C(=O)C/C=C/CCC3CCCCC3)c2)CCCC1)c1cc[nH]c1C=C. The van der Waals surface area contributed by atoms with E-state index in [1.54, 1.807) is 6.08 Å². The number of rotatable bonds is 14. The van der Waals surface area contributed by atoms with Crippen molar-refractivity contribution in [2.75, 3.05) is 0 Å². The molecule has 2 aliphatic carbocycles. The van der Waals surface area contributed by atoms with Gasteiger partial charge in [-0.25, -0.2) is 0 Å². The van der Waals surface area contributed by atoms with E-state index in [1.165, 1.54) is 79.2 Å². The van der Waals surface area contributed by atoms with Crippen LogP contribution in [-0.2, 0) is 11.2 Å². The Morgan fingerprint density at radius 2 is 1.81 bits per heavy atom. The topological polar surface area (TPSA) is 32.9 Å². The summed E-state index contributed by atoms with van der Waals surface area (Å²) in [6, 6.07) is 11.1. The molecule has 1 fully saturated rings. The summed E-state index contributed by atoms with van der Waals surface area (Å²) < 4.78 is 0. The third-order valence-electron chi connectivity index (χ3n) is 9.14. The summed E-state index contributed by atoms with van der Waals surface area (Å²) in [5.41, 5.74) is 8.36. The van der Waals surface area contributed by atoms with Gasteiger partial charge in [-0.05, 0) is 109 Å². The van der Waals surface area contributed by atoms with Crippen molar-refractivity contribution < 1.29 is 4.79 Å². The van der Waals surface area contributed by atoms with E-state index in [4.69, 9.17) is 0 Å². The number of ketones is 1. The third kappa shape index (κ3) is 10.2. The van der Waals surface area contributed by atoms with Crippen LogP contribution in [0.2, 0.25) is 0 Å². The smallest absolute Gasteiger partial charge is 0.159 e. The van der Waals surface area contributed by atoms with Crippen molar-refractivity contribution in [3.63, 3.8) is 0 Å². The second-order valence-electron chi connectivity index (χ2n) is 12.3. The number of carbonyl (C=O) groups excluding carboxylic acids is 1. The van der Waals surface area contributed by atoms with Gasteiger partial charge in [-0.2, -0.15) is 0 Å². The molecule has 1 aromatic carbocycles. The molecule has 2 aromatic rings. The van der Waals surface area contributed by atoms with Crippen molar-refractivity contribution >= 4 is 17.4 Å². The fourth-order valence-corrected chi connectivity index (χ4v) is 6.63. The number of aromatic amines is 1. The second kappa shape index (κ2) is 17.5. The number of aromatic nitrogens is 1. The molecule has 0 saturated heterocycles. The molecule has 43 heavy (non-hydrogen) atoms. The van der Waals surface area contributed by atoms with E-state index >= 15 is 0 Å². The fraction of sp³-hybridized carbons (Fsp3) is 0.390. The van der Waals surface area contributed by atoms with Gasteiger partial charge in [0.25, 0.3) is 0 Å². The van der Waals surface area contributed by atoms with Gasteiger partial charge in [0.15, 0.2) is 5.78 Å². The van der Waals surface area contributed by atoms with Gasteiger partial charge in [0.05, 0.1) is 0 Å². The molecule has 2 aliphatic rings. The summed E-state index contributed by atoms with van der Waals surface area (Å²) in [7, 11) is 0. The number of carbonyl (C=O) groups is 1. The van der Waals surface area contributed by atoms with Crippen molar-refractivity contribution in [2.24, 2.45) is 5.92 Å². The molecular formula is C41H51NO. The highest BCUT2D eigenvalue weighted by Crippen LogP contribution is 2.37. The molecule has 2 nitrogen and oxygen atoms in total. The minimum atomic E-state index is 0.188. The lowest BCUT2D eigenvalue weighted by Crippen LogP contribution is -2.05. The number of allylic oxidation sites excluding steroid dienone is 10. The maximum Gasteiger partial charge on any atom is 0.159 e.